The van der Waals surface area contributed by atoms with Crippen molar-refractivity contribution in [1.29, 1.82) is 0 Å². The molecule has 0 saturated carbocycles. The number of amides is 1. The van der Waals surface area contributed by atoms with E-state index in [1.165, 1.54) is 0 Å². The van der Waals surface area contributed by atoms with Gasteiger partial charge in [-0.15, -0.1) is 10.2 Å². The fourth-order valence-corrected chi connectivity index (χ4v) is 3.49. The first-order chi connectivity index (χ1) is 14.5. The van der Waals surface area contributed by atoms with Crippen molar-refractivity contribution in [2.45, 2.75) is 6.92 Å². The highest BCUT2D eigenvalue weighted by Crippen LogP contribution is 2.22. The summed E-state index contributed by atoms with van der Waals surface area (Å²) in [6, 6.07) is 14.7. The molecule has 1 amide bonds. The van der Waals surface area contributed by atoms with Crippen LogP contribution in [0.4, 0.5) is 17.2 Å². The molecule has 1 aliphatic rings. The second-order valence-corrected chi connectivity index (χ2v) is 7.47. The molecule has 8 nitrogen and oxygen atoms in total. The molecule has 2 N–H and O–H groups in total. The lowest BCUT2D eigenvalue weighted by molar-refractivity contribution is 0.0741. The van der Waals surface area contributed by atoms with Gasteiger partial charge in [0.05, 0.1) is 0 Å². The van der Waals surface area contributed by atoms with Gasteiger partial charge in [-0.3, -0.25) is 9.59 Å². The van der Waals surface area contributed by atoms with E-state index in [4.69, 9.17) is 11.6 Å². The molecule has 2 heterocycles. The number of hydrogen-bond donors (Lipinski definition) is 2. The average Bonchev–Trinajstić information content (AvgIpc) is 3.23. The third kappa shape index (κ3) is 4.28. The van der Waals surface area contributed by atoms with E-state index in [1.54, 1.807) is 36.1 Å². The van der Waals surface area contributed by atoms with Crippen LogP contribution in [0.15, 0.2) is 48.5 Å². The fourth-order valence-electron chi connectivity index (χ4n) is 3.36. The summed E-state index contributed by atoms with van der Waals surface area (Å²) in [4.78, 5) is 28.4. The van der Waals surface area contributed by atoms with Crippen molar-refractivity contribution in [2.24, 2.45) is 0 Å². The van der Waals surface area contributed by atoms with Gasteiger partial charge in [0.2, 0.25) is 0 Å². The number of aromatic amines is 1. The van der Waals surface area contributed by atoms with E-state index in [2.05, 4.69) is 25.6 Å². The van der Waals surface area contributed by atoms with Crippen LogP contribution < -0.4 is 10.2 Å². The first-order valence-electron chi connectivity index (χ1n) is 9.60. The van der Waals surface area contributed by atoms with Gasteiger partial charge in [-0.1, -0.05) is 11.6 Å². The summed E-state index contributed by atoms with van der Waals surface area (Å²) in [5.41, 5.74) is 2.75. The van der Waals surface area contributed by atoms with Crippen molar-refractivity contribution in [2.75, 3.05) is 36.4 Å². The summed E-state index contributed by atoms with van der Waals surface area (Å²) < 4.78 is 0. The quantitative estimate of drug-likeness (QED) is 0.610. The number of anilines is 3. The van der Waals surface area contributed by atoms with E-state index in [0.717, 1.165) is 11.4 Å². The number of halogens is 1. The van der Waals surface area contributed by atoms with Gasteiger partial charge in [-0.25, -0.2) is 0 Å². The number of carbonyl (C=O) groups excluding carboxylic acids is 2. The van der Waals surface area contributed by atoms with E-state index >= 15 is 0 Å². The Kier molecular flexibility index (Phi) is 5.67. The zero-order valence-corrected chi connectivity index (χ0v) is 17.2. The number of ketones is 1. The molecule has 4 rings (SSSR count). The molecule has 0 aliphatic carbocycles. The topological polar surface area (TPSA) is 94.2 Å². The largest absolute Gasteiger partial charge is 0.368 e. The van der Waals surface area contributed by atoms with E-state index < -0.39 is 0 Å². The number of nitrogens with zero attached hydrogens (tertiary/aromatic N) is 4. The van der Waals surface area contributed by atoms with Crippen LogP contribution in [0, 0.1) is 0 Å². The van der Waals surface area contributed by atoms with Crippen molar-refractivity contribution in [1.82, 2.24) is 20.3 Å². The Morgan fingerprint density at radius 3 is 2.27 bits per heavy atom. The summed E-state index contributed by atoms with van der Waals surface area (Å²) in [7, 11) is 0. The molecule has 9 heteroatoms. The molecule has 2 aromatic carbocycles. The van der Waals surface area contributed by atoms with Gasteiger partial charge in [0.1, 0.15) is 0 Å². The van der Waals surface area contributed by atoms with Crippen LogP contribution in [-0.4, -0.2) is 58.2 Å². The predicted molar refractivity (Wildman–Crippen MR) is 116 cm³/mol. The number of nitrogens with one attached hydrogen (secondary N) is 2. The van der Waals surface area contributed by atoms with Crippen molar-refractivity contribution in [3.63, 3.8) is 0 Å². The molecule has 0 spiro atoms. The molecule has 154 valence electrons. The maximum absolute atomic E-state index is 13.0. The maximum Gasteiger partial charge on any atom is 0.278 e. The van der Waals surface area contributed by atoms with Gasteiger partial charge in [-0.2, -0.15) is 5.21 Å². The van der Waals surface area contributed by atoms with Crippen molar-refractivity contribution < 1.29 is 9.59 Å². The number of Topliss-reactive ketones (excluding diaryl/α,β-unsaturated/α-hetero) is 1. The molecule has 1 fully saturated rings. The van der Waals surface area contributed by atoms with Gasteiger partial charge < -0.3 is 15.1 Å². The van der Waals surface area contributed by atoms with Gasteiger partial charge in [0.25, 0.3) is 5.91 Å². The predicted octanol–water partition coefficient (Wildman–Crippen LogP) is 3.37. The second kappa shape index (κ2) is 8.54. The standard InChI is InChI=1S/C21H21ClN6O2/c1-14(29)15-2-8-18(9-3-15)27-10-12-28(13-11-27)21(30)19-20(25-26-24-19)23-17-6-4-16(22)5-7-17/h2-9H,10-13H2,1H3,(H2,23,24,25,26). The smallest absolute Gasteiger partial charge is 0.278 e. The molecule has 1 saturated heterocycles. The number of aromatic nitrogens is 3. The zero-order chi connectivity index (χ0) is 21.1. The highest BCUT2D eigenvalue weighted by Gasteiger charge is 2.26. The molecular weight excluding hydrogens is 404 g/mol. The normalized spacial score (nSPS) is 13.9. The molecular formula is C21H21ClN6O2. The van der Waals surface area contributed by atoms with Crippen LogP contribution in [0.1, 0.15) is 27.8 Å². The number of rotatable bonds is 5. The lowest BCUT2D eigenvalue weighted by Gasteiger charge is -2.35. The average molecular weight is 425 g/mol. The van der Waals surface area contributed by atoms with E-state index in [9.17, 15) is 9.59 Å². The molecule has 1 aromatic heterocycles. The number of H-pyrrole nitrogens is 1. The SMILES string of the molecule is CC(=O)c1ccc(N2CCN(C(=O)c3n[nH]nc3Nc3ccc(Cl)cc3)CC2)cc1. The first kappa shape index (κ1) is 19.9. The van der Waals surface area contributed by atoms with Gasteiger partial charge in [-0.05, 0) is 55.5 Å². The minimum Gasteiger partial charge on any atom is -0.368 e. The highest BCUT2D eigenvalue weighted by atomic mass is 35.5. The Morgan fingerprint density at radius 2 is 1.63 bits per heavy atom. The van der Waals surface area contributed by atoms with Crippen LogP contribution in [0.2, 0.25) is 5.02 Å². The number of carbonyl (C=O) groups is 2. The third-order valence-corrected chi connectivity index (χ3v) is 5.32. The Bertz CT molecular complexity index is 1040. The van der Waals surface area contributed by atoms with Gasteiger partial charge in [0.15, 0.2) is 17.3 Å². The van der Waals surface area contributed by atoms with E-state index in [-0.39, 0.29) is 17.4 Å². The Labute approximate surface area is 178 Å². The molecule has 0 atom stereocenters. The van der Waals surface area contributed by atoms with Crippen LogP contribution in [0.3, 0.4) is 0 Å². The zero-order valence-electron chi connectivity index (χ0n) is 16.4. The lowest BCUT2D eigenvalue weighted by Crippen LogP contribution is -2.49. The first-order valence-corrected chi connectivity index (χ1v) is 9.97. The number of piperazine rings is 1. The third-order valence-electron chi connectivity index (χ3n) is 5.06. The van der Waals surface area contributed by atoms with Crippen LogP contribution in [-0.2, 0) is 0 Å². The summed E-state index contributed by atoms with van der Waals surface area (Å²) in [5, 5.41) is 14.4. The van der Waals surface area contributed by atoms with Crippen molar-refractivity contribution in [3.05, 3.63) is 64.8 Å². The van der Waals surface area contributed by atoms with Crippen molar-refractivity contribution >= 4 is 40.5 Å². The van der Waals surface area contributed by atoms with E-state index in [0.29, 0.717) is 42.6 Å². The summed E-state index contributed by atoms with van der Waals surface area (Å²) in [6.07, 6.45) is 0. The fraction of sp³-hybridized carbons (Fsp3) is 0.238. The Morgan fingerprint density at radius 1 is 0.967 bits per heavy atom. The minimum atomic E-state index is -0.174. The van der Waals surface area contributed by atoms with Crippen LogP contribution >= 0.6 is 11.6 Å². The minimum absolute atomic E-state index is 0.0487. The lowest BCUT2D eigenvalue weighted by atomic mass is 10.1. The van der Waals surface area contributed by atoms with Crippen molar-refractivity contribution in [3.8, 4) is 0 Å². The molecule has 0 bridgehead atoms. The van der Waals surface area contributed by atoms with E-state index in [1.807, 2.05) is 24.3 Å². The Hall–Kier alpha value is -3.39. The second-order valence-electron chi connectivity index (χ2n) is 7.04. The Balaban J connectivity index is 1.39. The number of hydrogen-bond acceptors (Lipinski definition) is 6. The molecule has 1 aliphatic heterocycles. The monoisotopic (exact) mass is 424 g/mol. The molecule has 0 unspecified atom stereocenters. The summed E-state index contributed by atoms with van der Waals surface area (Å²) in [6.45, 7) is 4.09. The van der Waals surface area contributed by atoms with Crippen LogP contribution in [0.25, 0.3) is 0 Å². The van der Waals surface area contributed by atoms with Gasteiger partial charge >= 0.3 is 0 Å². The highest BCUT2D eigenvalue weighted by molar-refractivity contribution is 6.30. The van der Waals surface area contributed by atoms with Crippen LogP contribution in [0.5, 0.6) is 0 Å². The van der Waals surface area contributed by atoms with Gasteiger partial charge in [0, 0.05) is 48.1 Å². The summed E-state index contributed by atoms with van der Waals surface area (Å²) in [5.74, 6) is 0.254. The molecule has 0 radical (unpaired) electrons. The number of benzene rings is 2. The maximum atomic E-state index is 13.0. The summed E-state index contributed by atoms with van der Waals surface area (Å²) >= 11 is 5.91. The molecule has 3 aromatic rings. The molecule has 30 heavy (non-hydrogen) atoms.